The Morgan fingerprint density at radius 3 is 2.36 bits per heavy atom. The minimum Gasteiger partial charge on any atom is -0.398 e. The van der Waals surface area contributed by atoms with Gasteiger partial charge in [-0.1, -0.05) is 54.6 Å². The van der Waals surface area contributed by atoms with Crippen LogP contribution in [0.15, 0.2) is 79.0 Å². The van der Waals surface area contributed by atoms with Gasteiger partial charge in [-0.3, -0.25) is 9.88 Å². The van der Waals surface area contributed by atoms with E-state index in [0.717, 1.165) is 49.4 Å². The van der Waals surface area contributed by atoms with E-state index in [1.807, 2.05) is 24.4 Å². The third-order valence-corrected chi connectivity index (χ3v) is 5.54. The molecule has 3 aromatic rings. The second kappa shape index (κ2) is 9.00. The Labute approximate surface area is 167 Å². The largest absolute Gasteiger partial charge is 0.398 e. The zero-order valence-corrected chi connectivity index (χ0v) is 16.2. The molecule has 0 bridgehead atoms. The minimum absolute atomic E-state index is 0.120. The van der Waals surface area contributed by atoms with Gasteiger partial charge in [0, 0.05) is 37.6 Å². The summed E-state index contributed by atoms with van der Waals surface area (Å²) < 4.78 is 0. The number of para-hydroxylation sites is 1. The van der Waals surface area contributed by atoms with Gasteiger partial charge in [0.2, 0.25) is 0 Å². The van der Waals surface area contributed by atoms with Crippen molar-refractivity contribution in [1.82, 2.24) is 15.2 Å². The molecule has 1 unspecified atom stereocenters. The molecule has 0 aliphatic carbocycles. The first-order valence-corrected chi connectivity index (χ1v) is 10.1. The second-order valence-corrected chi connectivity index (χ2v) is 7.51. The van der Waals surface area contributed by atoms with Gasteiger partial charge in [-0.25, -0.2) is 0 Å². The number of benzene rings is 2. The van der Waals surface area contributed by atoms with Crippen LogP contribution >= 0.6 is 0 Å². The lowest BCUT2D eigenvalue weighted by atomic mass is 9.94. The first-order chi connectivity index (χ1) is 13.8. The number of aromatic nitrogens is 1. The molecule has 4 rings (SSSR count). The van der Waals surface area contributed by atoms with Gasteiger partial charge in [-0.2, -0.15) is 0 Å². The monoisotopic (exact) mass is 372 g/mol. The number of rotatable bonds is 6. The van der Waals surface area contributed by atoms with Crippen molar-refractivity contribution in [3.8, 4) is 0 Å². The fourth-order valence-electron chi connectivity index (χ4n) is 4.00. The van der Waals surface area contributed by atoms with E-state index >= 15 is 0 Å². The zero-order valence-electron chi connectivity index (χ0n) is 16.2. The molecule has 3 N–H and O–H groups in total. The van der Waals surface area contributed by atoms with Crippen molar-refractivity contribution in [3.05, 3.63) is 95.8 Å². The molecular weight excluding hydrogens is 344 g/mol. The number of nitrogens with zero attached hydrogens (tertiary/aromatic N) is 2. The van der Waals surface area contributed by atoms with Crippen LogP contribution in [0.1, 0.15) is 35.7 Å². The number of hydrogen-bond donors (Lipinski definition) is 2. The van der Waals surface area contributed by atoms with Crippen molar-refractivity contribution < 1.29 is 0 Å². The van der Waals surface area contributed by atoms with Gasteiger partial charge in [-0.05, 0) is 42.2 Å². The van der Waals surface area contributed by atoms with E-state index in [-0.39, 0.29) is 6.04 Å². The first kappa shape index (κ1) is 18.7. The van der Waals surface area contributed by atoms with E-state index < -0.39 is 0 Å². The van der Waals surface area contributed by atoms with Crippen LogP contribution in [0.25, 0.3) is 0 Å². The van der Waals surface area contributed by atoms with Gasteiger partial charge in [-0.15, -0.1) is 0 Å². The predicted octanol–water partition coefficient (Wildman–Crippen LogP) is 4.01. The standard InChI is InChI=1S/C24H28N4/c25-23-12-5-4-11-22(23)24(19-8-2-1-3-9-19)27-20-13-16-28(17-14-20)18-21-10-6-7-15-26-21/h1-12,15,20,24,27H,13-14,16-18,25H2. The fourth-order valence-corrected chi connectivity index (χ4v) is 4.00. The number of anilines is 1. The molecule has 1 fully saturated rings. The van der Waals surface area contributed by atoms with Crippen molar-refractivity contribution in [2.24, 2.45) is 0 Å². The molecule has 1 aromatic heterocycles. The summed E-state index contributed by atoms with van der Waals surface area (Å²) in [5.74, 6) is 0. The van der Waals surface area contributed by atoms with Gasteiger partial charge in [0.15, 0.2) is 0 Å². The number of hydrogen-bond acceptors (Lipinski definition) is 4. The first-order valence-electron chi connectivity index (χ1n) is 10.1. The lowest BCUT2D eigenvalue weighted by Gasteiger charge is -2.35. The third kappa shape index (κ3) is 4.58. The lowest BCUT2D eigenvalue weighted by molar-refractivity contribution is 0.185. The molecule has 1 saturated heterocycles. The number of piperidine rings is 1. The van der Waals surface area contributed by atoms with Crippen molar-refractivity contribution in [2.45, 2.75) is 31.5 Å². The van der Waals surface area contributed by atoms with Crippen molar-refractivity contribution in [1.29, 1.82) is 0 Å². The molecule has 0 radical (unpaired) electrons. The minimum atomic E-state index is 0.120. The van der Waals surface area contributed by atoms with Gasteiger partial charge in [0.25, 0.3) is 0 Å². The van der Waals surface area contributed by atoms with Crippen LogP contribution in [0, 0.1) is 0 Å². The summed E-state index contributed by atoms with van der Waals surface area (Å²) in [6.45, 7) is 3.10. The molecular formula is C24H28N4. The quantitative estimate of drug-likeness (QED) is 0.642. The van der Waals surface area contributed by atoms with Crippen LogP contribution < -0.4 is 11.1 Å². The van der Waals surface area contributed by atoms with E-state index in [0.29, 0.717) is 6.04 Å². The SMILES string of the molecule is Nc1ccccc1C(NC1CCN(Cc2ccccn2)CC1)c1ccccc1. The van der Waals surface area contributed by atoms with Crippen LogP contribution in [0.2, 0.25) is 0 Å². The Morgan fingerprint density at radius 2 is 1.64 bits per heavy atom. The van der Waals surface area contributed by atoms with Crippen molar-refractivity contribution in [2.75, 3.05) is 18.8 Å². The molecule has 144 valence electrons. The summed E-state index contributed by atoms with van der Waals surface area (Å²) in [5.41, 5.74) is 10.7. The summed E-state index contributed by atoms with van der Waals surface area (Å²) in [6.07, 6.45) is 4.13. The molecule has 28 heavy (non-hydrogen) atoms. The Bertz CT molecular complexity index is 858. The van der Waals surface area contributed by atoms with Gasteiger partial charge in [0.1, 0.15) is 0 Å². The Hall–Kier alpha value is -2.69. The molecule has 0 saturated carbocycles. The maximum absolute atomic E-state index is 6.32. The van der Waals surface area contributed by atoms with Gasteiger partial charge >= 0.3 is 0 Å². The highest BCUT2D eigenvalue weighted by atomic mass is 15.1. The average Bonchev–Trinajstić information content (AvgIpc) is 2.75. The number of nitrogens with one attached hydrogen (secondary N) is 1. The summed E-state index contributed by atoms with van der Waals surface area (Å²) >= 11 is 0. The highest BCUT2D eigenvalue weighted by Gasteiger charge is 2.24. The second-order valence-electron chi connectivity index (χ2n) is 7.51. The Balaban J connectivity index is 1.43. The lowest BCUT2D eigenvalue weighted by Crippen LogP contribution is -2.43. The van der Waals surface area contributed by atoms with E-state index in [4.69, 9.17) is 5.73 Å². The summed E-state index contributed by atoms with van der Waals surface area (Å²) in [5, 5.41) is 3.89. The maximum atomic E-state index is 6.32. The fraction of sp³-hybridized carbons (Fsp3) is 0.292. The van der Waals surface area contributed by atoms with Gasteiger partial charge in [0.05, 0.1) is 11.7 Å². The van der Waals surface area contributed by atoms with Crippen molar-refractivity contribution >= 4 is 5.69 Å². The van der Waals surface area contributed by atoms with Crippen LogP contribution in [0.3, 0.4) is 0 Å². The zero-order chi connectivity index (χ0) is 19.2. The molecule has 2 heterocycles. The van der Waals surface area contributed by atoms with Crippen LogP contribution in [-0.2, 0) is 6.54 Å². The van der Waals surface area contributed by atoms with Crippen LogP contribution in [0.4, 0.5) is 5.69 Å². The van der Waals surface area contributed by atoms with Gasteiger partial charge < -0.3 is 11.1 Å². The highest BCUT2D eigenvalue weighted by molar-refractivity contribution is 5.51. The van der Waals surface area contributed by atoms with E-state index in [2.05, 4.69) is 69.8 Å². The van der Waals surface area contributed by atoms with Crippen LogP contribution in [0.5, 0.6) is 0 Å². The van der Waals surface area contributed by atoms with E-state index in [1.165, 1.54) is 5.56 Å². The Kier molecular flexibility index (Phi) is 6.00. The summed E-state index contributed by atoms with van der Waals surface area (Å²) in [6, 6.07) is 25.5. The third-order valence-electron chi connectivity index (χ3n) is 5.54. The average molecular weight is 373 g/mol. The predicted molar refractivity (Wildman–Crippen MR) is 115 cm³/mol. The van der Waals surface area contributed by atoms with Crippen LogP contribution in [-0.4, -0.2) is 29.0 Å². The number of nitrogen functional groups attached to an aromatic ring is 1. The summed E-state index contributed by atoms with van der Waals surface area (Å²) in [4.78, 5) is 6.95. The van der Waals surface area contributed by atoms with Crippen molar-refractivity contribution in [3.63, 3.8) is 0 Å². The molecule has 1 aliphatic rings. The smallest absolute Gasteiger partial charge is 0.0599 e. The highest BCUT2D eigenvalue weighted by Crippen LogP contribution is 2.28. The molecule has 1 aliphatic heterocycles. The number of nitrogens with two attached hydrogens (primary N) is 1. The Morgan fingerprint density at radius 1 is 0.929 bits per heavy atom. The van der Waals surface area contributed by atoms with E-state index in [1.54, 1.807) is 0 Å². The molecule has 1 atom stereocenters. The summed E-state index contributed by atoms with van der Waals surface area (Å²) in [7, 11) is 0. The molecule has 2 aromatic carbocycles. The van der Waals surface area contributed by atoms with E-state index in [9.17, 15) is 0 Å². The molecule has 4 heteroatoms. The number of pyridine rings is 1. The topological polar surface area (TPSA) is 54.2 Å². The maximum Gasteiger partial charge on any atom is 0.0599 e. The molecule has 0 amide bonds. The number of likely N-dealkylation sites (tertiary alicyclic amines) is 1. The normalized spacial score (nSPS) is 16.7. The molecule has 0 spiro atoms. The molecule has 4 nitrogen and oxygen atoms in total.